The molecule has 21 heavy (non-hydrogen) atoms. The van der Waals surface area contributed by atoms with Crippen molar-refractivity contribution in [3.8, 4) is 0 Å². The summed E-state index contributed by atoms with van der Waals surface area (Å²) in [6.07, 6.45) is 10.5. The maximum absolute atomic E-state index is 3.49. The Morgan fingerprint density at radius 2 is 1.81 bits per heavy atom. The summed E-state index contributed by atoms with van der Waals surface area (Å²) < 4.78 is 0. The molecule has 1 nitrogen and oxygen atoms in total. The van der Waals surface area contributed by atoms with Crippen LogP contribution in [0.15, 0.2) is 36.5 Å². The van der Waals surface area contributed by atoms with Gasteiger partial charge in [0.15, 0.2) is 0 Å². The standard InChI is InChI=1S/C20H24N/c1-3-5-9-15-12-13-21-20(15)19-14-16-10-6-7-11-17(16)18(19)8-4-2/h6-7,10-14,21H,3-5,8-9H2,1-2H3. The third-order valence-electron chi connectivity index (χ3n) is 4.31. The number of nitrogens with one attached hydrogen (secondary N) is 1. The summed E-state index contributed by atoms with van der Waals surface area (Å²) in [4.78, 5) is 3.49. The molecule has 109 valence electrons. The molecule has 0 aliphatic heterocycles. The maximum atomic E-state index is 3.49. The van der Waals surface area contributed by atoms with Gasteiger partial charge in [0.25, 0.3) is 0 Å². The number of allylic oxidation sites excluding steroid dienone is 2. The lowest BCUT2D eigenvalue weighted by Crippen LogP contribution is -1.93. The van der Waals surface area contributed by atoms with Crippen LogP contribution in [-0.2, 0) is 6.42 Å². The number of hydrogen-bond acceptors (Lipinski definition) is 0. The minimum absolute atomic E-state index is 1.15. The second kappa shape index (κ2) is 6.34. The lowest BCUT2D eigenvalue weighted by Gasteiger charge is -2.09. The molecule has 0 saturated heterocycles. The summed E-state index contributed by atoms with van der Waals surface area (Å²) in [5, 5.41) is 0. The maximum Gasteiger partial charge on any atom is 0.0455 e. The number of H-pyrrole nitrogens is 1. The summed E-state index contributed by atoms with van der Waals surface area (Å²) in [7, 11) is 0. The first-order valence-electron chi connectivity index (χ1n) is 8.19. The van der Waals surface area contributed by atoms with Gasteiger partial charge in [-0.3, -0.25) is 0 Å². The normalized spacial score (nSPS) is 13.8. The van der Waals surface area contributed by atoms with E-state index in [4.69, 9.17) is 0 Å². The fraction of sp³-hybridized carbons (Fsp3) is 0.350. The third-order valence-corrected chi connectivity index (χ3v) is 4.31. The van der Waals surface area contributed by atoms with Gasteiger partial charge >= 0.3 is 0 Å². The van der Waals surface area contributed by atoms with E-state index in [1.54, 1.807) is 0 Å². The minimum Gasteiger partial charge on any atom is -0.361 e. The topological polar surface area (TPSA) is 15.8 Å². The molecule has 0 atom stereocenters. The monoisotopic (exact) mass is 278 g/mol. The molecule has 0 saturated carbocycles. The van der Waals surface area contributed by atoms with E-state index in [2.05, 4.69) is 61.8 Å². The van der Waals surface area contributed by atoms with Crippen molar-refractivity contribution in [2.75, 3.05) is 0 Å². The SMILES string of the molecule is CCCCc1cc[nH]c1C1=C(CCC)c2ccccc2[CH]1. The van der Waals surface area contributed by atoms with Gasteiger partial charge in [0.05, 0.1) is 0 Å². The minimum atomic E-state index is 1.15. The molecule has 0 unspecified atom stereocenters. The third kappa shape index (κ3) is 2.70. The number of benzene rings is 1. The molecule has 0 fully saturated rings. The number of aryl methyl sites for hydroxylation is 1. The summed E-state index contributed by atoms with van der Waals surface area (Å²) in [6, 6.07) is 11.0. The van der Waals surface area contributed by atoms with Crippen molar-refractivity contribution >= 4 is 11.1 Å². The first-order valence-corrected chi connectivity index (χ1v) is 8.19. The quantitative estimate of drug-likeness (QED) is 0.704. The van der Waals surface area contributed by atoms with Crippen LogP contribution in [-0.4, -0.2) is 4.98 Å². The Morgan fingerprint density at radius 3 is 2.62 bits per heavy atom. The van der Waals surface area contributed by atoms with E-state index in [-0.39, 0.29) is 0 Å². The smallest absolute Gasteiger partial charge is 0.0455 e. The van der Waals surface area contributed by atoms with Crippen LogP contribution in [0, 0.1) is 6.42 Å². The summed E-state index contributed by atoms with van der Waals surface area (Å²) >= 11 is 0. The fourth-order valence-corrected chi connectivity index (χ4v) is 3.26. The molecule has 3 rings (SSSR count). The summed E-state index contributed by atoms with van der Waals surface area (Å²) in [6.45, 7) is 4.52. The molecule has 1 heterocycles. The van der Waals surface area contributed by atoms with Crippen molar-refractivity contribution in [1.82, 2.24) is 4.98 Å². The highest BCUT2D eigenvalue weighted by Gasteiger charge is 2.23. The molecule has 0 bridgehead atoms. The van der Waals surface area contributed by atoms with Crippen molar-refractivity contribution in [3.05, 3.63) is 65.3 Å². The molecular weight excluding hydrogens is 254 g/mol. The average molecular weight is 278 g/mol. The molecule has 0 spiro atoms. The largest absolute Gasteiger partial charge is 0.361 e. The summed E-state index contributed by atoms with van der Waals surface area (Å²) in [5.74, 6) is 0. The van der Waals surface area contributed by atoms with Crippen LogP contribution < -0.4 is 0 Å². The Hall–Kier alpha value is -1.76. The van der Waals surface area contributed by atoms with E-state index >= 15 is 0 Å². The van der Waals surface area contributed by atoms with Crippen molar-refractivity contribution in [1.29, 1.82) is 0 Å². The lowest BCUT2D eigenvalue weighted by molar-refractivity contribution is 0.794. The Bertz CT molecular complexity index is 645. The van der Waals surface area contributed by atoms with Crippen LogP contribution in [0.2, 0.25) is 0 Å². The van der Waals surface area contributed by atoms with Gasteiger partial charge in [0.1, 0.15) is 0 Å². The Balaban J connectivity index is 2.01. The number of hydrogen-bond donors (Lipinski definition) is 1. The van der Waals surface area contributed by atoms with E-state index in [0.717, 1.165) is 6.42 Å². The van der Waals surface area contributed by atoms with Crippen LogP contribution in [0.4, 0.5) is 0 Å². The highest BCUT2D eigenvalue weighted by Crippen LogP contribution is 2.42. The molecular formula is C20H24N. The van der Waals surface area contributed by atoms with Crippen LogP contribution in [0.25, 0.3) is 11.1 Å². The zero-order chi connectivity index (χ0) is 14.7. The van der Waals surface area contributed by atoms with Gasteiger partial charge in [-0.2, -0.15) is 0 Å². The second-order valence-corrected chi connectivity index (χ2v) is 5.86. The van der Waals surface area contributed by atoms with E-state index < -0.39 is 0 Å². The molecule has 1 aliphatic carbocycles. The molecule has 1 radical (unpaired) electrons. The van der Waals surface area contributed by atoms with Gasteiger partial charge in [0.2, 0.25) is 0 Å². The first-order chi connectivity index (χ1) is 10.3. The number of rotatable bonds is 6. The van der Waals surface area contributed by atoms with Crippen LogP contribution in [0.5, 0.6) is 0 Å². The molecule has 1 heteroatoms. The molecule has 0 amide bonds. The average Bonchev–Trinajstić information content (AvgIpc) is 3.10. The van der Waals surface area contributed by atoms with Crippen molar-refractivity contribution < 1.29 is 0 Å². The number of aromatic nitrogens is 1. The van der Waals surface area contributed by atoms with Crippen LogP contribution in [0.1, 0.15) is 61.9 Å². The Labute approximate surface area is 128 Å². The first kappa shape index (κ1) is 14.2. The van der Waals surface area contributed by atoms with Crippen molar-refractivity contribution in [2.45, 2.75) is 46.0 Å². The zero-order valence-electron chi connectivity index (χ0n) is 13.1. The lowest BCUT2D eigenvalue weighted by atomic mass is 9.97. The van der Waals surface area contributed by atoms with E-state index in [9.17, 15) is 0 Å². The van der Waals surface area contributed by atoms with Gasteiger partial charge in [0, 0.05) is 18.3 Å². The Kier molecular flexibility index (Phi) is 4.28. The zero-order valence-corrected chi connectivity index (χ0v) is 13.1. The molecule has 1 aromatic heterocycles. The predicted molar refractivity (Wildman–Crippen MR) is 91.0 cm³/mol. The predicted octanol–water partition coefficient (Wildman–Crippen LogP) is 5.63. The van der Waals surface area contributed by atoms with Crippen molar-refractivity contribution in [2.24, 2.45) is 0 Å². The van der Waals surface area contributed by atoms with Gasteiger partial charge in [-0.15, -0.1) is 0 Å². The van der Waals surface area contributed by atoms with E-state index in [0.29, 0.717) is 0 Å². The second-order valence-electron chi connectivity index (χ2n) is 5.86. The van der Waals surface area contributed by atoms with E-state index in [1.807, 2.05) is 0 Å². The number of aromatic amines is 1. The molecule has 1 N–H and O–H groups in total. The Morgan fingerprint density at radius 1 is 0.952 bits per heavy atom. The molecule has 1 aromatic carbocycles. The van der Waals surface area contributed by atoms with Gasteiger partial charge in [-0.25, -0.2) is 0 Å². The highest BCUT2D eigenvalue weighted by atomic mass is 14.7. The highest BCUT2D eigenvalue weighted by molar-refractivity contribution is 6.01. The fourth-order valence-electron chi connectivity index (χ4n) is 3.26. The van der Waals surface area contributed by atoms with Crippen LogP contribution >= 0.6 is 0 Å². The molecule has 2 aromatic rings. The number of unbranched alkanes of at least 4 members (excludes halogenated alkanes) is 1. The van der Waals surface area contributed by atoms with Gasteiger partial charge in [-0.1, -0.05) is 51.0 Å². The molecule has 1 aliphatic rings. The van der Waals surface area contributed by atoms with Gasteiger partial charge in [-0.05, 0) is 53.2 Å². The van der Waals surface area contributed by atoms with Gasteiger partial charge < -0.3 is 4.98 Å². The number of fused-ring (bicyclic) bond motifs is 1. The summed E-state index contributed by atoms with van der Waals surface area (Å²) in [5.41, 5.74) is 8.51. The van der Waals surface area contributed by atoms with E-state index in [1.165, 1.54) is 59.2 Å². The van der Waals surface area contributed by atoms with Crippen LogP contribution in [0.3, 0.4) is 0 Å². The van der Waals surface area contributed by atoms with Crippen molar-refractivity contribution in [3.63, 3.8) is 0 Å².